The van der Waals surface area contributed by atoms with Gasteiger partial charge in [0.2, 0.25) is 0 Å². The van der Waals surface area contributed by atoms with Crippen molar-refractivity contribution in [2.75, 3.05) is 7.05 Å². The maximum atomic E-state index is 5.95. The van der Waals surface area contributed by atoms with Gasteiger partial charge in [0, 0.05) is 12.5 Å². The van der Waals surface area contributed by atoms with Gasteiger partial charge < -0.3 is 14.6 Å². The van der Waals surface area contributed by atoms with Crippen LogP contribution >= 0.6 is 12.4 Å². The number of ether oxygens (including phenoxy) is 1. The summed E-state index contributed by atoms with van der Waals surface area (Å²) in [5, 5.41) is 7.17. The predicted octanol–water partition coefficient (Wildman–Crippen LogP) is 4.21. The molecule has 0 spiro atoms. The second-order valence-corrected chi connectivity index (χ2v) is 6.38. The summed E-state index contributed by atoms with van der Waals surface area (Å²) in [6.45, 7) is 10.5. The maximum absolute atomic E-state index is 5.95. The summed E-state index contributed by atoms with van der Waals surface area (Å²) in [5.74, 6) is 2.54. The molecule has 0 amide bonds. The molecule has 1 aromatic carbocycles. The largest absolute Gasteiger partial charge is 0.481 e. The number of benzene rings is 1. The minimum Gasteiger partial charge on any atom is -0.481 e. The summed E-state index contributed by atoms with van der Waals surface area (Å²) in [4.78, 5) is 4.42. The molecule has 24 heavy (non-hydrogen) atoms. The highest BCUT2D eigenvalue weighted by atomic mass is 35.5. The van der Waals surface area contributed by atoms with E-state index in [0.29, 0.717) is 23.7 Å². The normalized spacial score (nSPS) is 13.5. The van der Waals surface area contributed by atoms with E-state index >= 15 is 0 Å². The molecule has 1 N–H and O–H groups in total. The Hall–Kier alpha value is -1.59. The zero-order chi connectivity index (χ0) is 17.0. The van der Waals surface area contributed by atoms with Crippen molar-refractivity contribution in [2.45, 2.75) is 59.1 Å². The van der Waals surface area contributed by atoms with Crippen LogP contribution in [0.15, 0.2) is 22.7 Å². The van der Waals surface area contributed by atoms with Crippen LogP contribution in [0.2, 0.25) is 0 Å². The number of likely N-dealkylation sites (N-methyl/N-ethyl adjacent to an activating group) is 1. The number of nitrogens with one attached hydrogen (secondary N) is 1. The maximum Gasteiger partial charge on any atom is 0.267 e. The molecule has 0 aliphatic rings. The van der Waals surface area contributed by atoms with Crippen molar-refractivity contribution in [2.24, 2.45) is 0 Å². The van der Waals surface area contributed by atoms with Crippen LogP contribution in [0.5, 0.6) is 5.75 Å². The van der Waals surface area contributed by atoms with Gasteiger partial charge in [0.05, 0.1) is 0 Å². The molecule has 6 heteroatoms. The Kier molecular flexibility index (Phi) is 7.70. The van der Waals surface area contributed by atoms with E-state index < -0.39 is 0 Å². The average molecular weight is 354 g/mol. The van der Waals surface area contributed by atoms with E-state index in [2.05, 4.69) is 55.3 Å². The predicted molar refractivity (Wildman–Crippen MR) is 98.1 cm³/mol. The monoisotopic (exact) mass is 353 g/mol. The Bertz CT molecular complexity index is 643. The summed E-state index contributed by atoms with van der Waals surface area (Å²) in [5.41, 5.74) is 2.57. The molecule has 0 aliphatic heterocycles. The fourth-order valence-corrected chi connectivity index (χ4v) is 2.52. The SMILES string of the molecule is CNC(C)Cc1noc(C(C)Oc2ccc(C(C)C)c(C)c2)n1.Cl. The lowest BCUT2D eigenvalue weighted by Crippen LogP contribution is -2.24. The summed E-state index contributed by atoms with van der Waals surface area (Å²) < 4.78 is 11.3. The molecule has 2 unspecified atom stereocenters. The zero-order valence-electron chi connectivity index (χ0n) is 15.3. The third kappa shape index (κ3) is 5.21. The second-order valence-electron chi connectivity index (χ2n) is 6.38. The second kappa shape index (κ2) is 9.04. The number of hydrogen-bond donors (Lipinski definition) is 1. The number of rotatable bonds is 7. The highest BCUT2D eigenvalue weighted by Gasteiger charge is 2.17. The van der Waals surface area contributed by atoms with E-state index in [1.165, 1.54) is 11.1 Å². The Balaban J connectivity index is 0.00000288. The fraction of sp³-hybridized carbons (Fsp3) is 0.556. The summed E-state index contributed by atoms with van der Waals surface area (Å²) in [6, 6.07) is 6.49. The van der Waals surface area contributed by atoms with Crippen molar-refractivity contribution < 1.29 is 9.26 Å². The molecule has 0 bridgehead atoms. The zero-order valence-corrected chi connectivity index (χ0v) is 16.1. The Morgan fingerprint density at radius 1 is 1.21 bits per heavy atom. The smallest absolute Gasteiger partial charge is 0.267 e. The van der Waals surface area contributed by atoms with Gasteiger partial charge in [-0.3, -0.25) is 0 Å². The lowest BCUT2D eigenvalue weighted by atomic mass is 9.98. The van der Waals surface area contributed by atoms with Gasteiger partial charge in [0.1, 0.15) is 5.75 Å². The molecule has 2 atom stereocenters. The first-order valence-corrected chi connectivity index (χ1v) is 8.17. The van der Waals surface area contributed by atoms with Crippen LogP contribution in [0.1, 0.15) is 62.6 Å². The van der Waals surface area contributed by atoms with Crippen LogP contribution < -0.4 is 10.1 Å². The van der Waals surface area contributed by atoms with Crippen LogP contribution in [0.3, 0.4) is 0 Å². The third-order valence-electron chi connectivity index (χ3n) is 3.99. The van der Waals surface area contributed by atoms with Crippen LogP contribution in [-0.4, -0.2) is 23.2 Å². The molecule has 2 aromatic rings. The molecular formula is C18H28ClN3O2. The molecule has 134 valence electrons. The van der Waals surface area contributed by atoms with Gasteiger partial charge in [0.15, 0.2) is 11.9 Å². The molecule has 0 saturated heterocycles. The summed E-state index contributed by atoms with van der Waals surface area (Å²) in [6.07, 6.45) is 0.458. The van der Waals surface area contributed by atoms with E-state index in [1.54, 1.807) is 0 Å². The number of hydrogen-bond acceptors (Lipinski definition) is 5. The van der Waals surface area contributed by atoms with Gasteiger partial charge in [-0.05, 0) is 57.0 Å². The van der Waals surface area contributed by atoms with Gasteiger partial charge in [-0.2, -0.15) is 4.98 Å². The molecule has 5 nitrogen and oxygen atoms in total. The van der Waals surface area contributed by atoms with E-state index in [4.69, 9.17) is 9.26 Å². The van der Waals surface area contributed by atoms with Crippen molar-refractivity contribution in [3.8, 4) is 5.75 Å². The molecule has 1 heterocycles. The van der Waals surface area contributed by atoms with Crippen LogP contribution in [0.25, 0.3) is 0 Å². The fourth-order valence-electron chi connectivity index (χ4n) is 2.52. The van der Waals surface area contributed by atoms with Crippen molar-refractivity contribution in [3.05, 3.63) is 41.0 Å². The number of aryl methyl sites for hydroxylation is 1. The Morgan fingerprint density at radius 3 is 2.50 bits per heavy atom. The first-order chi connectivity index (χ1) is 10.9. The highest BCUT2D eigenvalue weighted by molar-refractivity contribution is 5.85. The lowest BCUT2D eigenvalue weighted by Gasteiger charge is -2.14. The first-order valence-electron chi connectivity index (χ1n) is 8.17. The lowest BCUT2D eigenvalue weighted by molar-refractivity contribution is 0.175. The minimum atomic E-state index is -0.273. The molecule has 0 saturated carbocycles. The standard InChI is InChI=1S/C18H27N3O2.ClH/c1-11(2)16-8-7-15(9-12(16)3)22-14(5)18-20-17(21-23-18)10-13(4)19-6;/h7-9,11,13-14,19H,10H2,1-6H3;1H. The molecule has 0 fully saturated rings. The number of halogens is 1. The van der Waals surface area contributed by atoms with E-state index in [9.17, 15) is 0 Å². The highest BCUT2D eigenvalue weighted by Crippen LogP contribution is 2.26. The molecular weight excluding hydrogens is 326 g/mol. The minimum absolute atomic E-state index is 0. The van der Waals surface area contributed by atoms with E-state index in [-0.39, 0.29) is 18.5 Å². The number of aromatic nitrogens is 2. The van der Waals surface area contributed by atoms with Gasteiger partial charge in [-0.1, -0.05) is 25.1 Å². The van der Waals surface area contributed by atoms with Crippen molar-refractivity contribution >= 4 is 12.4 Å². The molecule has 0 radical (unpaired) electrons. The molecule has 2 rings (SSSR count). The van der Waals surface area contributed by atoms with Gasteiger partial charge in [0.25, 0.3) is 5.89 Å². The van der Waals surface area contributed by atoms with Crippen LogP contribution in [0.4, 0.5) is 0 Å². The van der Waals surface area contributed by atoms with Gasteiger partial charge in [-0.25, -0.2) is 0 Å². The Morgan fingerprint density at radius 2 is 1.92 bits per heavy atom. The van der Waals surface area contributed by atoms with E-state index in [1.807, 2.05) is 20.0 Å². The van der Waals surface area contributed by atoms with Crippen molar-refractivity contribution in [1.29, 1.82) is 0 Å². The topological polar surface area (TPSA) is 60.2 Å². The van der Waals surface area contributed by atoms with Crippen molar-refractivity contribution in [3.63, 3.8) is 0 Å². The molecule has 1 aromatic heterocycles. The van der Waals surface area contributed by atoms with Crippen LogP contribution in [0, 0.1) is 6.92 Å². The third-order valence-corrected chi connectivity index (χ3v) is 3.99. The summed E-state index contributed by atoms with van der Waals surface area (Å²) >= 11 is 0. The number of nitrogens with zero attached hydrogens (tertiary/aromatic N) is 2. The Labute approximate surface area is 150 Å². The van der Waals surface area contributed by atoms with Crippen LogP contribution in [-0.2, 0) is 6.42 Å². The average Bonchev–Trinajstić information content (AvgIpc) is 2.95. The quantitative estimate of drug-likeness (QED) is 0.807. The first kappa shape index (κ1) is 20.5. The van der Waals surface area contributed by atoms with Crippen molar-refractivity contribution in [1.82, 2.24) is 15.5 Å². The summed E-state index contributed by atoms with van der Waals surface area (Å²) in [7, 11) is 1.92. The van der Waals surface area contributed by atoms with Gasteiger partial charge >= 0.3 is 0 Å². The molecule has 0 aliphatic carbocycles. The van der Waals surface area contributed by atoms with Gasteiger partial charge in [-0.15, -0.1) is 12.4 Å². The van der Waals surface area contributed by atoms with E-state index in [0.717, 1.165) is 12.2 Å².